The van der Waals surface area contributed by atoms with E-state index in [1.807, 2.05) is 30.3 Å². The Bertz CT molecular complexity index is 663. The van der Waals surface area contributed by atoms with Crippen molar-refractivity contribution in [2.45, 2.75) is 4.90 Å². The van der Waals surface area contributed by atoms with Crippen LogP contribution in [0.1, 0.15) is 11.1 Å². The minimum Gasteiger partial charge on any atom is -0.263 e. The van der Waals surface area contributed by atoms with Gasteiger partial charge in [-0.15, -0.1) is 11.8 Å². The van der Waals surface area contributed by atoms with E-state index in [-0.39, 0.29) is 0 Å². The molecule has 0 bridgehead atoms. The topological polar surface area (TPSA) is 36.7 Å². The number of nitrogens with zero attached hydrogens (tertiary/aromatic N) is 2. The summed E-state index contributed by atoms with van der Waals surface area (Å²) in [6, 6.07) is 11.3. The van der Waals surface area contributed by atoms with E-state index in [1.54, 1.807) is 12.4 Å². The lowest BCUT2D eigenvalue weighted by Gasteiger charge is -1.98. The van der Waals surface area contributed by atoms with Crippen molar-refractivity contribution in [3.05, 3.63) is 58.9 Å². The molecule has 0 N–H and O–H groups in total. The molecule has 0 saturated carbocycles. The molecule has 0 spiro atoms. The van der Waals surface area contributed by atoms with Gasteiger partial charge in [-0.05, 0) is 30.3 Å². The van der Waals surface area contributed by atoms with Crippen LogP contribution in [-0.4, -0.2) is 10.7 Å². The highest BCUT2D eigenvalue weighted by molar-refractivity contribution is 7.99. The molecule has 1 heterocycles. The first-order valence-corrected chi connectivity index (χ1v) is 6.87. The molecule has 19 heavy (non-hydrogen) atoms. The van der Waals surface area contributed by atoms with Crippen LogP contribution in [0, 0.1) is 23.2 Å². The fourth-order valence-electron chi connectivity index (χ4n) is 1.38. The van der Waals surface area contributed by atoms with E-state index in [9.17, 15) is 0 Å². The summed E-state index contributed by atoms with van der Waals surface area (Å²) in [7, 11) is 0. The maximum Gasteiger partial charge on any atom is 0.102 e. The molecule has 0 atom stereocenters. The molecule has 0 aliphatic heterocycles. The van der Waals surface area contributed by atoms with Crippen LogP contribution in [-0.2, 0) is 0 Å². The van der Waals surface area contributed by atoms with Gasteiger partial charge in [0.05, 0.1) is 11.3 Å². The monoisotopic (exact) mass is 284 g/mol. The number of benzene rings is 1. The summed E-state index contributed by atoms with van der Waals surface area (Å²) in [6.45, 7) is 0. The second kappa shape index (κ2) is 6.85. The molecule has 0 aliphatic carbocycles. The summed E-state index contributed by atoms with van der Waals surface area (Å²) in [5, 5.41) is 9.63. The first-order chi connectivity index (χ1) is 9.29. The predicted octanol–water partition coefficient (Wildman–Crippen LogP) is 3.75. The average molecular weight is 285 g/mol. The maximum atomic E-state index is 8.93. The third-order valence-electron chi connectivity index (χ3n) is 2.28. The predicted molar refractivity (Wildman–Crippen MR) is 78.0 cm³/mol. The van der Waals surface area contributed by atoms with E-state index in [0.717, 1.165) is 10.5 Å². The molecule has 0 aliphatic rings. The number of halogens is 1. The quantitative estimate of drug-likeness (QED) is 0.622. The Balaban J connectivity index is 1.98. The number of hydrogen-bond donors (Lipinski definition) is 0. The second-order valence-corrected chi connectivity index (χ2v) is 5.03. The third kappa shape index (κ3) is 4.03. The highest BCUT2D eigenvalue weighted by atomic mass is 35.5. The Hall–Kier alpha value is -1.94. The molecule has 0 unspecified atom stereocenters. The molecule has 92 valence electrons. The van der Waals surface area contributed by atoms with Gasteiger partial charge in [0.1, 0.15) is 6.07 Å². The van der Waals surface area contributed by atoms with Crippen LogP contribution >= 0.6 is 23.4 Å². The molecule has 1 aromatic heterocycles. The molecule has 4 heteroatoms. The van der Waals surface area contributed by atoms with Crippen molar-refractivity contribution in [3.63, 3.8) is 0 Å². The molecule has 0 amide bonds. The molecule has 0 radical (unpaired) electrons. The Morgan fingerprint density at radius 1 is 1.21 bits per heavy atom. The van der Waals surface area contributed by atoms with Gasteiger partial charge in [0.2, 0.25) is 0 Å². The lowest BCUT2D eigenvalue weighted by molar-refractivity contribution is 1.23. The van der Waals surface area contributed by atoms with Gasteiger partial charge in [0, 0.05) is 27.9 Å². The molecule has 2 aromatic rings. The Morgan fingerprint density at radius 3 is 2.74 bits per heavy atom. The zero-order valence-electron chi connectivity index (χ0n) is 9.93. The van der Waals surface area contributed by atoms with Gasteiger partial charge in [-0.25, -0.2) is 0 Å². The van der Waals surface area contributed by atoms with Gasteiger partial charge in [-0.1, -0.05) is 23.4 Å². The van der Waals surface area contributed by atoms with Crippen LogP contribution in [0.2, 0.25) is 5.02 Å². The minimum atomic E-state index is 0.584. The van der Waals surface area contributed by atoms with Crippen LogP contribution in [0.25, 0.3) is 0 Å². The summed E-state index contributed by atoms with van der Waals surface area (Å²) in [6.07, 6.45) is 3.24. The fraction of sp³-hybridized carbons (Fsp3) is 0.0667. The molecule has 0 fully saturated rings. The number of pyridine rings is 1. The summed E-state index contributed by atoms with van der Waals surface area (Å²) in [4.78, 5) is 4.82. The van der Waals surface area contributed by atoms with Crippen LogP contribution in [0.5, 0.6) is 0 Å². The van der Waals surface area contributed by atoms with Crippen molar-refractivity contribution in [2.24, 2.45) is 0 Å². The van der Waals surface area contributed by atoms with Crippen molar-refractivity contribution < 1.29 is 0 Å². The molecule has 0 saturated heterocycles. The molecule has 1 aromatic carbocycles. The van der Waals surface area contributed by atoms with Gasteiger partial charge in [-0.2, -0.15) is 5.26 Å². The Morgan fingerprint density at radius 2 is 2.00 bits per heavy atom. The normalized spacial score (nSPS) is 9.26. The first-order valence-electron chi connectivity index (χ1n) is 5.51. The van der Waals surface area contributed by atoms with E-state index in [4.69, 9.17) is 16.9 Å². The highest BCUT2D eigenvalue weighted by Gasteiger charge is 2.00. The zero-order valence-corrected chi connectivity index (χ0v) is 11.5. The minimum absolute atomic E-state index is 0.584. The van der Waals surface area contributed by atoms with Crippen molar-refractivity contribution in [3.8, 4) is 17.9 Å². The summed E-state index contributed by atoms with van der Waals surface area (Å²) < 4.78 is 0. The number of aromatic nitrogens is 1. The van der Waals surface area contributed by atoms with Gasteiger partial charge >= 0.3 is 0 Å². The molecular formula is C15H9ClN2S. The molecule has 2 nitrogen and oxygen atoms in total. The zero-order chi connectivity index (χ0) is 13.5. The van der Waals surface area contributed by atoms with E-state index >= 15 is 0 Å². The first kappa shape index (κ1) is 13.5. The SMILES string of the molecule is N#Cc1cnccc1SCC#Cc1ccc(Cl)cc1. The fourth-order valence-corrected chi connectivity index (χ4v) is 2.21. The van der Waals surface area contributed by atoms with E-state index in [1.165, 1.54) is 11.8 Å². The maximum absolute atomic E-state index is 8.93. The van der Waals surface area contributed by atoms with Crippen LogP contribution in [0.3, 0.4) is 0 Å². The Kier molecular flexibility index (Phi) is 4.86. The van der Waals surface area contributed by atoms with Crippen molar-refractivity contribution in [1.29, 1.82) is 5.26 Å². The third-order valence-corrected chi connectivity index (χ3v) is 3.49. The van der Waals surface area contributed by atoms with E-state index < -0.39 is 0 Å². The van der Waals surface area contributed by atoms with Crippen molar-refractivity contribution in [1.82, 2.24) is 4.98 Å². The van der Waals surface area contributed by atoms with Gasteiger partial charge in [0.25, 0.3) is 0 Å². The summed E-state index contributed by atoms with van der Waals surface area (Å²) in [5.41, 5.74) is 1.51. The van der Waals surface area contributed by atoms with Gasteiger partial charge in [0.15, 0.2) is 0 Å². The summed E-state index contributed by atoms with van der Waals surface area (Å²) >= 11 is 7.33. The number of rotatable bonds is 2. The van der Waals surface area contributed by atoms with Gasteiger partial charge < -0.3 is 0 Å². The lowest BCUT2D eigenvalue weighted by atomic mass is 10.2. The average Bonchev–Trinajstić information content (AvgIpc) is 2.46. The Labute approximate surface area is 121 Å². The van der Waals surface area contributed by atoms with Crippen LogP contribution in [0.15, 0.2) is 47.6 Å². The van der Waals surface area contributed by atoms with Gasteiger partial charge in [-0.3, -0.25) is 4.98 Å². The number of nitriles is 1. The smallest absolute Gasteiger partial charge is 0.102 e. The van der Waals surface area contributed by atoms with Crippen molar-refractivity contribution in [2.75, 3.05) is 5.75 Å². The standard InChI is InChI=1S/C15H9ClN2S/c16-14-5-3-12(4-6-14)2-1-9-19-15-7-8-18-11-13(15)10-17/h3-8,11H,9H2. The lowest BCUT2D eigenvalue weighted by Crippen LogP contribution is -1.83. The number of hydrogen-bond acceptors (Lipinski definition) is 3. The van der Waals surface area contributed by atoms with E-state index in [0.29, 0.717) is 16.3 Å². The van der Waals surface area contributed by atoms with E-state index in [2.05, 4.69) is 22.9 Å². The summed E-state index contributed by atoms with van der Waals surface area (Å²) in [5.74, 6) is 6.74. The number of thioether (sulfide) groups is 1. The largest absolute Gasteiger partial charge is 0.263 e. The molecular weight excluding hydrogens is 276 g/mol. The molecule has 2 rings (SSSR count). The highest BCUT2D eigenvalue weighted by Crippen LogP contribution is 2.20. The second-order valence-electron chi connectivity index (χ2n) is 3.58. The van der Waals surface area contributed by atoms with Crippen LogP contribution < -0.4 is 0 Å². The van der Waals surface area contributed by atoms with Crippen molar-refractivity contribution >= 4 is 23.4 Å². The van der Waals surface area contributed by atoms with Crippen LogP contribution in [0.4, 0.5) is 0 Å².